The molecule has 0 saturated carbocycles. The third-order valence-corrected chi connectivity index (χ3v) is 6.36. The Morgan fingerprint density at radius 2 is 2.33 bits per heavy atom. The van der Waals surface area contributed by atoms with Gasteiger partial charge in [0.25, 0.3) is 0 Å². The zero-order valence-electron chi connectivity index (χ0n) is 17.0. The van der Waals surface area contributed by atoms with E-state index < -0.39 is 6.10 Å². The highest BCUT2D eigenvalue weighted by Crippen LogP contribution is 2.34. The van der Waals surface area contributed by atoms with Crippen molar-refractivity contribution >= 4 is 17.1 Å². The fourth-order valence-corrected chi connectivity index (χ4v) is 4.56. The summed E-state index contributed by atoms with van der Waals surface area (Å²) in [4.78, 5) is 0. The van der Waals surface area contributed by atoms with E-state index in [1.54, 1.807) is 10.7 Å². The fourth-order valence-electron chi connectivity index (χ4n) is 4.33. The minimum Gasteiger partial charge on any atom is -0.489 e. The Balaban J connectivity index is 1.49. The van der Waals surface area contributed by atoms with Crippen LogP contribution in [0.2, 0.25) is 5.02 Å². The zero-order chi connectivity index (χ0) is 20.7. The molecule has 5 heterocycles. The predicted molar refractivity (Wildman–Crippen MR) is 113 cm³/mol. The lowest BCUT2D eigenvalue weighted by Crippen LogP contribution is -2.27. The Hall–Kier alpha value is -2.13. The largest absolute Gasteiger partial charge is 0.489 e. The molecule has 160 valence electrons. The Labute approximate surface area is 179 Å². The number of hydrogen-bond acceptors (Lipinski definition) is 6. The average Bonchev–Trinajstić information content (AvgIpc) is 3.43. The van der Waals surface area contributed by atoms with Crippen molar-refractivity contribution in [2.75, 3.05) is 32.9 Å². The molecule has 2 aliphatic rings. The van der Waals surface area contributed by atoms with Crippen LogP contribution in [0.25, 0.3) is 16.8 Å². The van der Waals surface area contributed by atoms with Crippen LogP contribution in [0.1, 0.15) is 17.7 Å². The van der Waals surface area contributed by atoms with Crippen LogP contribution in [0.15, 0.2) is 18.5 Å². The molecule has 3 aromatic rings. The average molecular weight is 432 g/mol. The molecule has 0 amide bonds. The van der Waals surface area contributed by atoms with Crippen LogP contribution < -0.4 is 10.1 Å². The Morgan fingerprint density at radius 1 is 1.43 bits per heavy atom. The summed E-state index contributed by atoms with van der Waals surface area (Å²) in [5.41, 5.74) is 4.97. The second-order valence-electron chi connectivity index (χ2n) is 8.02. The highest BCUT2D eigenvalue weighted by Gasteiger charge is 2.25. The van der Waals surface area contributed by atoms with Crippen LogP contribution in [0.3, 0.4) is 0 Å². The van der Waals surface area contributed by atoms with Crippen molar-refractivity contribution in [3.05, 3.63) is 34.7 Å². The minimum absolute atomic E-state index is 0.101. The molecule has 9 heteroatoms. The number of halogens is 1. The van der Waals surface area contributed by atoms with Crippen LogP contribution in [-0.2, 0) is 17.7 Å². The van der Waals surface area contributed by atoms with E-state index in [1.807, 2.05) is 12.3 Å². The topological polar surface area (TPSA) is 85.8 Å². The summed E-state index contributed by atoms with van der Waals surface area (Å²) in [6.45, 7) is 6.28. The van der Waals surface area contributed by atoms with Gasteiger partial charge in [0.15, 0.2) is 0 Å². The number of aliphatic hydroxyl groups excluding tert-OH is 1. The number of nitrogens with zero attached hydrogens (tertiary/aromatic N) is 4. The molecule has 2 atom stereocenters. The molecular weight excluding hydrogens is 406 g/mol. The lowest BCUT2D eigenvalue weighted by Gasteiger charge is -2.18. The van der Waals surface area contributed by atoms with Gasteiger partial charge in [0.2, 0.25) is 0 Å². The third-order valence-electron chi connectivity index (χ3n) is 6.08. The summed E-state index contributed by atoms with van der Waals surface area (Å²) in [5.74, 6) is 0.696. The van der Waals surface area contributed by atoms with Gasteiger partial charge < -0.3 is 19.9 Å². The van der Waals surface area contributed by atoms with Gasteiger partial charge in [0.05, 0.1) is 36.2 Å². The number of ether oxygens (including phenoxy) is 2. The SMILES string of the molecule is Cc1c(-c2cc(OCC(O)C3CCOC3)c3c(Cl)cnn3c2)nn2c1CCNCC2. The molecule has 2 N–H and O–H groups in total. The maximum absolute atomic E-state index is 10.5. The van der Waals surface area contributed by atoms with Crippen LogP contribution >= 0.6 is 11.6 Å². The molecule has 0 bridgehead atoms. The molecule has 5 rings (SSSR count). The van der Waals surface area contributed by atoms with Gasteiger partial charge in [-0.3, -0.25) is 4.68 Å². The van der Waals surface area contributed by atoms with Crippen LogP contribution in [0.5, 0.6) is 5.75 Å². The maximum Gasteiger partial charge on any atom is 0.147 e. The van der Waals surface area contributed by atoms with Gasteiger partial charge >= 0.3 is 0 Å². The number of pyridine rings is 1. The highest BCUT2D eigenvalue weighted by atomic mass is 35.5. The molecule has 3 aromatic heterocycles. The first kappa shape index (κ1) is 19.8. The van der Waals surface area contributed by atoms with E-state index >= 15 is 0 Å². The van der Waals surface area contributed by atoms with Crippen LogP contribution in [0, 0.1) is 12.8 Å². The van der Waals surface area contributed by atoms with Crippen LogP contribution in [0.4, 0.5) is 0 Å². The molecule has 30 heavy (non-hydrogen) atoms. The fraction of sp³-hybridized carbons (Fsp3) is 0.524. The second-order valence-corrected chi connectivity index (χ2v) is 8.43. The van der Waals surface area contributed by atoms with E-state index in [0.717, 1.165) is 43.7 Å². The Morgan fingerprint density at radius 3 is 3.17 bits per heavy atom. The van der Waals surface area contributed by atoms with Crippen molar-refractivity contribution < 1.29 is 14.6 Å². The van der Waals surface area contributed by atoms with E-state index in [4.69, 9.17) is 26.2 Å². The van der Waals surface area contributed by atoms with Crippen molar-refractivity contribution in [2.45, 2.75) is 32.4 Å². The summed E-state index contributed by atoms with van der Waals surface area (Å²) in [6, 6.07) is 1.95. The van der Waals surface area contributed by atoms with Gasteiger partial charge in [-0.2, -0.15) is 10.2 Å². The zero-order valence-corrected chi connectivity index (χ0v) is 17.7. The first-order valence-corrected chi connectivity index (χ1v) is 10.8. The van der Waals surface area contributed by atoms with E-state index in [9.17, 15) is 5.11 Å². The van der Waals surface area contributed by atoms with Crippen molar-refractivity contribution in [3.8, 4) is 17.0 Å². The minimum atomic E-state index is -0.587. The van der Waals surface area contributed by atoms with E-state index in [1.165, 1.54) is 11.3 Å². The van der Waals surface area contributed by atoms with Crippen molar-refractivity contribution in [1.29, 1.82) is 0 Å². The lowest BCUT2D eigenvalue weighted by atomic mass is 10.0. The Bertz CT molecular complexity index is 1060. The molecule has 1 fully saturated rings. The van der Waals surface area contributed by atoms with E-state index in [0.29, 0.717) is 29.5 Å². The summed E-state index contributed by atoms with van der Waals surface area (Å²) in [7, 11) is 0. The second kappa shape index (κ2) is 8.19. The smallest absolute Gasteiger partial charge is 0.147 e. The number of hydrogen-bond donors (Lipinski definition) is 2. The van der Waals surface area contributed by atoms with Crippen LogP contribution in [-0.4, -0.2) is 63.5 Å². The quantitative estimate of drug-likeness (QED) is 0.643. The third kappa shape index (κ3) is 3.58. The molecule has 0 aliphatic carbocycles. The molecule has 2 aliphatic heterocycles. The Kier molecular flexibility index (Phi) is 5.41. The normalized spacial score (nSPS) is 20.3. The number of nitrogens with one attached hydrogen (secondary N) is 1. The summed E-state index contributed by atoms with van der Waals surface area (Å²) >= 11 is 6.38. The molecule has 0 aromatic carbocycles. The lowest BCUT2D eigenvalue weighted by molar-refractivity contribution is 0.0503. The maximum atomic E-state index is 10.5. The van der Waals surface area contributed by atoms with Crippen molar-refractivity contribution in [3.63, 3.8) is 0 Å². The summed E-state index contributed by atoms with van der Waals surface area (Å²) in [6.07, 6.45) is 4.75. The monoisotopic (exact) mass is 431 g/mol. The molecule has 0 radical (unpaired) electrons. The number of fused-ring (bicyclic) bond motifs is 2. The molecular formula is C21H26ClN5O3. The summed E-state index contributed by atoms with van der Waals surface area (Å²) < 4.78 is 15.3. The number of rotatable bonds is 5. The molecule has 8 nitrogen and oxygen atoms in total. The molecule has 1 saturated heterocycles. The summed E-state index contributed by atoms with van der Waals surface area (Å²) in [5, 5.41) is 23.7. The standard InChI is InChI=1S/C21H26ClN5O3/c1-13-17-2-4-23-5-6-26(17)25-20(13)15-8-19(21-16(22)9-24-27(21)10-15)30-12-18(28)14-3-7-29-11-14/h8-10,14,18,23,28H,2-7,11-12H2,1H3. The van der Waals surface area contributed by atoms with Crippen molar-refractivity contribution in [2.24, 2.45) is 5.92 Å². The van der Waals surface area contributed by atoms with Crippen molar-refractivity contribution in [1.82, 2.24) is 24.7 Å². The van der Waals surface area contributed by atoms with E-state index in [2.05, 4.69) is 22.0 Å². The first-order chi connectivity index (χ1) is 14.6. The first-order valence-electron chi connectivity index (χ1n) is 10.4. The van der Waals surface area contributed by atoms with Gasteiger partial charge in [-0.1, -0.05) is 11.6 Å². The van der Waals surface area contributed by atoms with Gasteiger partial charge in [0.1, 0.15) is 17.9 Å². The van der Waals surface area contributed by atoms with Gasteiger partial charge in [-0.05, 0) is 25.0 Å². The van der Waals surface area contributed by atoms with E-state index in [-0.39, 0.29) is 12.5 Å². The van der Waals surface area contributed by atoms with Gasteiger partial charge in [-0.25, -0.2) is 4.52 Å². The predicted octanol–water partition coefficient (Wildman–Crippen LogP) is 2.08. The number of aliphatic hydroxyl groups is 1. The highest BCUT2D eigenvalue weighted by molar-refractivity contribution is 6.34. The van der Waals surface area contributed by atoms with Gasteiger partial charge in [-0.15, -0.1) is 0 Å². The number of aromatic nitrogens is 4. The molecule has 0 spiro atoms. The van der Waals surface area contributed by atoms with Gasteiger partial charge in [0, 0.05) is 49.5 Å². The molecule has 2 unspecified atom stereocenters.